The van der Waals surface area contributed by atoms with E-state index in [9.17, 15) is 9.59 Å². The maximum Gasteiger partial charge on any atom is 0.306 e. The first-order valence-electron chi connectivity index (χ1n) is 7.36. The van der Waals surface area contributed by atoms with Crippen molar-refractivity contribution in [2.75, 3.05) is 11.7 Å². The SMILES string of the molecule is CC(CCCCON1C(=O)CCc2ccccc21)C(=O)O. The summed E-state index contributed by atoms with van der Waals surface area (Å²) < 4.78 is 0. The van der Waals surface area contributed by atoms with Crippen LogP contribution in [0.15, 0.2) is 24.3 Å². The highest BCUT2D eigenvalue weighted by Gasteiger charge is 2.24. The second-order valence-corrected chi connectivity index (χ2v) is 5.39. The molecule has 1 atom stereocenters. The standard InChI is InChI=1S/C16H21NO4/c1-12(16(19)20)6-4-5-11-21-17-14-8-3-2-7-13(14)9-10-15(17)18/h2-3,7-8,12H,4-6,9-11H2,1H3,(H,19,20). The number of carboxylic acids is 1. The van der Waals surface area contributed by atoms with Gasteiger partial charge in [0.2, 0.25) is 0 Å². The lowest BCUT2D eigenvalue weighted by atomic mass is 10.0. The van der Waals surface area contributed by atoms with Gasteiger partial charge in [0.05, 0.1) is 18.2 Å². The van der Waals surface area contributed by atoms with Crippen molar-refractivity contribution in [1.29, 1.82) is 0 Å². The number of aryl methyl sites for hydroxylation is 1. The summed E-state index contributed by atoms with van der Waals surface area (Å²) in [5, 5.41) is 10.2. The molecule has 5 heteroatoms. The molecule has 0 spiro atoms. The van der Waals surface area contributed by atoms with E-state index in [2.05, 4.69) is 0 Å². The van der Waals surface area contributed by atoms with Crippen molar-refractivity contribution >= 4 is 17.6 Å². The number of unbranched alkanes of at least 4 members (excludes halogenated alkanes) is 1. The number of hydrogen-bond acceptors (Lipinski definition) is 3. The summed E-state index contributed by atoms with van der Waals surface area (Å²) in [6, 6.07) is 7.74. The third kappa shape index (κ3) is 4.04. The van der Waals surface area contributed by atoms with Crippen LogP contribution in [-0.4, -0.2) is 23.6 Å². The van der Waals surface area contributed by atoms with Crippen LogP contribution in [0.4, 0.5) is 5.69 Å². The minimum absolute atomic E-state index is 0.0207. The number of fused-ring (bicyclic) bond motifs is 1. The monoisotopic (exact) mass is 291 g/mol. The van der Waals surface area contributed by atoms with Crippen molar-refractivity contribution in [3.63, 3.8) is 0 Å². The smallest absolute Gasteiger partial charge is 0.306 e. The molecule has 1 amide bonds. The zero-order valence-electron chi connectivity index (χ0n) is 12.2. The topological polar surface area (TPSA) is 66.8 Å². The second-order valence-electron chi connectivity index (χ2n) is 5.39. The third-order valence-electron chi connectivity index (χ3n) is 3.72. The summed E-state index contributed by atoms with van der Waals surface area (Å²) in [4.78, 5) is 28.2. The van der Waals surface area contributed by atoms with Crippen LogP contribution in [0.3, 0.4) is 0 Å². The molecule has 114 valence electrons. The zero-order valence-corrected chi connectivity index (χ0v) is 12.2. The molecule has 0 saturated carbocycles. The van der Waals surface area contributed by atoms with Gasteiger partial charge in [0.15, 0.2) is 0 Å². The first-order chi connectivity index (χ1) is 10.1. The molecule has 1 aromatic rings. The van der Waals surface area contributed by atoms with E-state index in [4.69, 9.17) is 9.94 Å². The lowest BCUT2D eigenvalue weighted by molar-refractivity contribution is -0.141. The van der Waals surface area contributed by atoms with Gasteiger partial charge in [-0.3, -0.25) is 14.4 Å². The minimum Gasteiger partial charge on any atom is -0.481 e. The van der Waals surface area contributed by atoms with Gasteiger partial charge in [0.1, 0.15) is 0 Å². The molecule has 0 aromatic heterocycles. The van der Waals surface area contributed by atoms with E-state index in [1.165, 1.54) is 5.06 Å². The number of hydrogen-bond donors (Lipinski definition) is 1. The Morgan fingerprint density at radius 3 is 2.86 bits per heavy atom. The summed E-state index contributed by atoms with van der Waals surface area (Å²) in [6.45, 7) is 2.13. The molecule has 5 nitrogen and oxygen atoms in total. The van der Waals surface area contributed by atoms with Gasteiger partial charge in [-0.15, -0.1) is 0 Å². The highest BCUT2D eigenvalue weighted by atomic mass is 16.7. The maximum atomic E-state index is 11.9. The number of carboxylic acid groups (broad SMARTS) is 1. The molecule has 1 unspecified atom stereocenters. The van der Waals surface area contributed by atoms with Gasteiger partial charge in [0, 0.05) is 6.42 Å². The Kier molecular flexibility index (Phi) is 5.33. The maximum absolute atomic E-state index is 11.9. The molecule has 1 aromatic carbocycles. The normalized spacial score (nSPS) is 15.7. The molecule has 21 heavy (non-hydrogen) atoms. The van der Waals surface area contributed by atoms with Gasteiger partial charge < -0.3 is 5.11 Å². The Hall–Kier alpha value is -1.88. The van der Waals surface area contributed by atoms with Crippen LogP contribution in [0.5, 0.6) is 0 Å². The Labute approximate surface area is 124 Å². The number of amides is 1. The van der Waals surface area contributed by atoms with Gasteiger partial charge in [-0.2, -0.15) is 5.06 Å². The Balaban J connectivity index is 1.81. The van der Waals surface area contributed by atoms with E-state index in [0.717, 1.165) is 30.5 Å². The Bertz CT molecular complexity index is 515. The number of nitrogens with zero attached hydrogens (tertiary/aromatic N) is 1. The average Bonchev–Trinajstić information content (AvgIpc) is 2.48. The molecular weight excluding hydrogens is 270 g/mol. The second kappa shape index (κ2) is 7.22. The van der Waals surface area contributed by atoms with Crippen molar-refractivity contribution in [2.24, 2.45) is 5.92 Å². The summed E-state index contributed by atoms with van der Waals surface area (Å²) in [7, 11) is 0. The molecule has 1 aliphatic rings. The van der Waals surface area contributed by atoms with E-state index in [1.54, 1.807) is 6.92 Å². The molecule has 1 heterocycles. The predicted molar refractivity (Wildman–Crippen MR) is 78.9 cm³/mol. The Morgan fingerprint density at radius 2 is 2.10 bits per heavy atom. The summed E-state index contributed by atoms with van der Waals surface area (Å²) in [5.74, 6) is -1.12. The fourth-order valence-corrected chi connectivity index (χ4v) is 2.37. The number of rotatable bonds is 7. The number of carbonyl (C=O) groups excluding carboxylic acids is 1. The van der Waals surface area contributed by atoms with Crippen molar-refractivity contribution in [3.05, 3.63) is 29.8 Å². The fourth-order valence-electron chi connectivity index (χ4n) is 2.37. The summed E-state index contributed by atoms with van der Waals surface area (Å²) in [5.41, 5.74) is 1.95. The Morgan fingerprint density at radius 1 is 1.33 bits per heavy atom. The lowest BCUT2D eigenvalue weighted by Crippen LogP contribution is -2.35. The van der Waals surface area contributed by atoms with Gasteiger partial charge in [-0.1, -0.05) is 31.5 Å². The minimum atomic E-state index is -0.768. The summed E-state index contributed by atoms with van der Waals surface area (Å²) in [6.07, 6.45) is 3.36. The summed E-state index contributed by atoms with van der Waals surface area (Å²) >= 11 is 0. The van der Waals surface area contributed by atoms with Crippen LogP contribution in [0.2, 0.25) is 0 Å². The van der Waals surface area contributed by atoms with E-state index in [0.29, 0.717) is 19.4 Å². The van der Waals surface area contributed by atoms with Crippen LogP contribution in [0.1, 0.15) is 38.2 Å². The molecule has 0 radical (unpaired) electrons. The van der Waals surface area contributed by atoms with Gasteiger partial charge in [0.25, 0.3) is 5.91 Å². The van der Waals surface area contributed by atoms with E-state index < -0.39 is 5.97 Å². The number of aliphatic carboxylic acids is 1. The highest BCUT2D eigenvalue weighted by Crippen LogP contribution is 2.27. The van der Waals surface area contributed by atoms with E-state index >= 15 is 0 Å². The molecule has 0 fully saturated rings. The molecular formula is C16H21NO4. The van der Waals surface area contributed by atoms with Crippen LogP contribution in [0.25, 0.3) is 0 Å². The lowest BCUT2D eigenvalue weighted by Gasteiger charge is -2.28. The number of carbonyl (C=O) groups is 2. The molecule has 2 rings (SSSR count). The number of para-hydroxylation sites is 1. The molecule has 1 N–H and O–H groups in total. The molecule has 0 bridgehead atoms. The van der Waals surface area contributed by atoms with Crippen LogP contribution in [-0.2, 0) is 20.8 Å². The first-order valence-corrected chi connectivity index (χ1v) is 7.36. The highest BCUT2D eigenvalue weighted by molar-refractivity contribution is 5.94. The van der Waals surface area contributed by atoms with Gasteiger partial charge in [-0.25, -0.2) is 0 Å². The predicted octanol–water partition coefficient (Wildman–Crippen LogP) is 2.79. The van der Waals surface area contributed by atoms with Crippen LogP contribution in [0, 0.1) is 5.92 Å². The van der Waals surface area contributed by atoms with Crippen molar-refractivity contribution in [3.8, 4) is 0 Å². The van der Waals surface area contributed by atoms with Crippen molar-refractivity contribution in [1.82, 2.24) is 0 Å². The number of hydroxylamine groups is 1. The number of anilines is 1. The van der Waals surface area contributed by atoms with Crippen molar-refractivity contribution < 1.29 is 19.5 Å². The average molecular weight is 291 g/mol. The number of benzene rings is 1. The third-order valence-corrected chi connectivity index (χ3v) is 3.72. The molecule has 0 aliphatic carbocycles. The molecule has 0 saturated heterocycles. The van der Waals surface area contributed by atoms with Gasteiger partial charge in [-0.05, 0) is 30.9 Å². The van der Waals surface area contributed by atoms with Crippen LogP contribution < -0.4 is 5.06 Å². The quantitative estimate of drug-likeness (QED) is 0.784. The van der Waals surface area contributed by atoms with Crippen LogP contribution >= 0.6 is 0 Å². The fraction of sp³-hybridized carbons (Fsp3) is 0.500. The molecule has 1 aliphatic heterocycles. The largest absolute Gasteiger partial charge is 0.481 e. The zero-order chi connectivity index (χ0) is 15.2. The van der Waals surface area contributed by atoms with E-state index in [-0.39, 0.29) is 11.8 Å². The van der Waals surface area contributed by atoms with E-state index in [1.807, 2.05) is 24.3 Å². The van der Waals surface area contributed by atoms with Crippen molar-refractivity contribution in [2.45, 2.75) is 39.0 Å². The first kappa shape index (κ1) is 15.5. The van der Waals surface area contributed by atoms with Gasteiger partial charge >= 0.3 is 5.97 Å².